The van der Waals surface area contributed by atoms with E-state index in [4.69, 9.17) is 5.73 Å². The van der Waals surface area contributed by atoms with Crippen molar-refractivity contribution < 1.29 is 4.79 Å². The first-order valence-electron chi connectivity index (χ1n) is 7.82. The molecule has 0 saturated heterocycles. The number of hydrogen-bond acceptors (Lipinski definition) is 2. The molecular weight excluding hydrogens is 284 g/mol. The normalized spacial score (nSPS) is 16.9. The largest absolute Gasteiger partial charge is 0.340 e. The molecule has 0 spiro atoms. The van der Waals surface area contributed by atoms with Gasteiger partial charge in [-0.1, -0.05) is 49.6 Å². The van der Waals surface area contributed by atoms with Gasteiger partial charge in [-0.25, -0.2) is 0 Å². The average molecular weight is 311 g/mol. The van der Waals surface area contributed by atoms with Crippen LogP contribution in [0.4, 0.5) is 0 Å². The highest BCUT2D eigenvalue weighted by Gasteiger charge is 2.25. The standard InChI is InChI=1S/C17H26N2O.ClH/c1-2-19(15-11-7-4-8-12-15)17(20)13-16(18)14-9-5-3-6-10-14;/h3,5-6,9-10,15-16H,2,4,7-8,11-13,18H2,1H3;1H. The van der Waals surface area contributed by atoms with Crippen molar-refractivity contribution in [2.24, 2.45) is 5.73 Å². The Balaban J connectivity index is 0.00000220. The van der Waals surface area contributed by atoms with Gasteiger partial charge in [0.25, 0.3) is 0 Å². The summed E-state index contributed by atoms with van der Waals surface area (Å²) >= 11 is 0. The average Bonchev–Trinajstić information content (AvgIpc) is 2.50. The van der Waals surface area contributed by atoms with Crippen LogP contribution in [0.2, 0.25) is 0 Å². The summed E-state index contributed by atoms with van der Waals surface area (Å²) in [6.45, 7) is 2.87. The number of carbonyl (C=O) groups excluding carboxylic acids is 1. The Kier molecular flexibility index (Phi) is 7.76. The molecule has 0 aliphatic heterocycles. The molecule has 21 heavy (non-hydrogen) atoms. The van der Waals surface area contributed by atoms with Gasteiger partial charge >= 0.3 is 0 Å². The Hall–Kier alpha value is -1.06. The highest BCUT2D eigenvalue weighted by atomic mass is 35.5. The maximum atomic E-state index is 12.5. The fraction of sp³-hybridized carbons (Fsp3) is 0.588. The number of benzene rings is 1. The van der Waals surface area contributed by atoms with Crippen LogP contribution in [0.15, 0.2) is 30.3 Å². The molecule has 1 saturated carbocycles. The predicted molar refractivity (Wildman–Crippen MR) is 89.5 cm³/mol. The van der Waals surface area contributed by atoms with Crippen LogP contribution in [0.1, 0.15) is 57.1 Å². The number of nitrogens with two attached hydrogens (primary N) is 1. The van der Waals surface area contributed by atoms with Crippen LogP contribution in [-0.4, -0.2) is 23.4 Å². The Labute approximate surface area is 134 Å². The molecule has 1 aromatic carbocycles. The third-order valence-electron chi connectivity index (χ3n) is 4.30. The fourth-order valence-corrected chi connectivity index (χ4v) is 3.15. The number of hydrogen-bond donors (Lipinski definition) is 1. The Morgan fingerprint density at radius 3 is 2.43 bits per heavy atom. The molecular formula is C17H27ClN2O. The smallest absolute Gasteiger partial charge is 0.224 e. The van der Waals surface area contributed by atoms with Crippen LogP contribution in [0, 0.1) is 0 Å². The lowest BCUT2D eigenvalue weighted by molar-refractivity contribution is -0.134. The van der Waals surface area contributed by atoms with Crippen molar-refractivity contribution in [1.29, 1.82) is 0 Å². The number of carbonyl (C=O) groups is 1. The molecule has 118 valence electrons. The molecule has 1 amide bonds. The molecule has 4 heteroatoms. The first-order valence-corrected chi connectivity index (χ1v) is 7.82. The summed E-state index contributed by atoms with van der Waals surface area (Å²) in [6, 6.07) is 10.1. The summed E-state index contributed by atoms with van der Waals surface area (Å²) in [4.78, 5) is 14.5. The lowest BCUT2D eigenvalue weighted by Gasteiger charge is -2.34. The highest BCUT2D eigenvalue weighted by Crippen LogP contribution is 2.24. The lowest BCUT2D eigenvalue weighted by atomic mass is 9.93. The molecule has 1 atom stereocenters. The molecule has 1 fully saturated rings. The topological polar surface area (TPSA) is 46.3 Å². The fourth-order valence-electron chi connectivity index (χ4n) is 3.15. The van der Waals surface area contributed by atoms with Crippen molar-refractivity contribution in [3.8, 4) is 0 Å². The van der Waals surface area contributed by atoms with Crippen molar-refractivity contribution >= 4 is 18.3 Å². The molecule has 1 aromatic rings. The van der Waals surface area contributed by atoms with Crippen LogP contribution in [0.5, 0.6) is 0 Å². The van der Waals surface area contributed by atoms with E-state index in [1.165, 1.54) is 19.3 Å². The number of amides is 1. The monoisotopic (exact) mass is 310 g/mol. The molecule has 3 nitrogen and oxygen atoms in total. The molecule has 0 bridgehead atoms. The molecule has 1 aliphatic rings. The maximum Gasteiger partial charge on any atom is 0.224 e. The van der Waals surface area contributed by atoms with Crippen LogP contribution in [0.3, 0.4) is 0 Å². The zero-order valence-corrected chi connectivity index (χ0v) is 13.6. The summed E-state index contributed by atoms with van der Waals surface area (Å²) in [7, 11) is 0. The first kappa shape index (κ1) is 18.0. The van der Waals surface area contributed by atoms with Gasteiger partial charge in [0.15, 0.2) is 0 Å². The minimum Gasteiger partial charge on any atom is -0.340 e. The van der Waals surface area contributed by atoms with E-state index in [0.29, 0.717) is 12.5 Å². The summed E-state index contributed by atoms with van der Waals surface area (Å²) in [6.07, 6.45) is 6.53. The van der Waals surface area contributed by atoms with Gasteiger partial charge in [-0.2, -0.15) is 0 Å². The molecule has 2 rings (SSSR count). The minimum absolute atomic E-state index is 0. The van der Waals surface area contributed by atoms with Crippen LogP contribution < -0.4 is 5.73 Å². The summed E-state index contributed by atoms with van der Waals surface area (Å²) in [5.74, 6) is 0.204. The van der Waals surface area contributed by atoms with Gasteiger partial charge < -0.3 is 10.6 Å². The number of rotatable bonds is 5. The zero-order chi connectivity index (χ0) is 14.4. The van der Waals surface area contributed by atoms with Gasteiger partial charge in [0.05, 0.1) is 0 Å². The Morgan fingerprint density at radius 1 is 1.24 bits per heavy atom. The summed E-state index contributed by atoms with van der Waals surface area (Å²) in [5.41, 5.74) is 7.21. The Morgan fingerprint density at radius 2 is 1.86 bits per heavy atom. The van der Waals surface area contributed by atoms with Crippen LogP contribution in [-0.2, 0) is 4.79 Å². The second-order valence-electron chi connectivity index (χ2n) is 5.69. The second-order valence-corrected chi connectivity index (χ2v) is 5.69. The van der Waals surface area contributed by atoms with Crippen LogP contribution >= 0.6 is 12.4 Å². The van der Waals surface area contributed by atoms with Crippen LogP contribution in [0.25, 0.3) is 0 Å². The second kappa shape index (κ2) is 9.06. The van der Waals surface area contributed by atoms with Crippen molar-refractivity contribution in [2.45, 2.75) is 57.5 Å². The molecule has 2 N–H and O–H groups in total. The lowest BCUT2D eigenvalue weighted by Crippen LogP contribution is -2.42. The van der Waals surface area contributed by atoms with E-state index in [0.717, 1.165) is 24.9 Å². The summed E-state index contributed by atoms with van der Waals surface area (Å²) in [5, 5.41) is 0. The summed E-state index contributed by atoms with van der Waals surface area (Å²) < 4.78 is 0. The van der Waals surface area contributed by atoms with Gasteiger partial charge in [-0.15, -0.1) is 12.4 Å². The van der Waals surface area contributed by atoms with Gasteiger partial charge in [0, 0.05) is 25.0 Å². The highest BCUT2D eigenvalue weighted by molar-refractivity contribution is 5.85. The van der Waals surface area contributed by atoms with Gasteiger partial charge in [0.1, 0.15) is 0 Å². The minimum atomic E-state index is -0.193. The van der Waals surface area contributed by atoms with E-state index in [1.807, 2.05) is 35.2 Å². The quantitative estimate of drug-likeness (QED) is 0.901. The molecule has 1 unspecified atom stereocenters. The van der Waals surface area contributed by atoms with Crippen molar-refractivity contribution in [3.63, 3.8) is 0 Å². The van der Waals surface area contributed by atoms with Crippen molar-refractivity contribution in [3.05, 3.63) is 35.9 Å². The molecule has 0 aromatic heterocycles. The van der Waals surface area contributed by atoms with E-state index < -0.39 is 0 Å². The maximum absolute atomic E-state index is 12.5. The Bertz CT molecular complexity index is 418. The number of halogens is 1. The third kappa shape index (κ3) is 5.01. The van der Waals surface area contributed by atoms with E-state index in [9.17, 15) is 4.79 Å². The third-order valence-corrected chi connectivity index (χ3v) is 4.30. The van der Waals surface area contributed by atoms with E-state index >= 15 is 0 Å². The predicted octanol–water partition coefficient (Wildman–Crippen LogP) is 3.68. The molecule has 1 aliphatic carbocycles. The van der Waals surface area contributed by atoms with Gasteiger partial charge in [0.2, 0.25) is 5.91 Å². The van der Waals surface area contributed by atoms with Crippen molar-refractivity contribution in [1.82, 2.24) is 4.90 Å². The van der Waals surface area contributed by atoms with E-state index in [1.54, 1.807) is 0 Å². The SMILES string of the molecule is CCN(C(=O)CC(N)c1ccccc1)C1CCCCC1.Cl. The van der Waals surface area contributed by atoms with Gasteiger partial charge in [-0.3, -0.25) is 4.79 Å². The number of nitrogens with zero attached hydrogens (tertiary/aromatic N) is 1. The van der Waals surface area contributed by atoms with Gasteiger partial charge in [-0.05, 0) is 25.3 Å². The first-order chi connectivity index (χ1) is 9.72. The van der Waals surface area contributed by atoms with E-state index in [-0.39, 0.29) is 24.4 Å². The zero-order valence-electron chi connectivity index (χ0n) is 12.8. The molecule has 0 heterocycles. The van der Waals surface area contributed by atoms with Crippen molar-refractivity contribution in [2.75, 3.05) is 6.54 Å². The van der Waals surface area contributed by atoms with E-state index in [2.05, 4.69) is 6.92 Å². The molecule has 0 radical (unpaired) electrons.